The Kier molecular flexibility index (Phi) is 5.55. The van der Waals surface area contributed by atoms with Crippen molar-refractivity contribution in [3.8, 4) is 0 Å². The fourth-order valence-electron chi connectivity index (χ4n) is 4.41. The molecule has 28 heavy (non-hydrogen) atoms. The number of thiophene rings is 1. The molecule has 2 atom stereocenters. The number of hydrogen-bond acceptors (Lipinski definition) is 6. The molecule has 0 aromatic carbocycles. The summed E-state index contributed by atoms with van der Waals surface area (Å²) in [4.78, 5) is 19.2. The Labute approximate surface area is 169 Å². The van der Waals surface area contributed by atoms with Gasteiger partial charge in [0.05, 0.1) is 19.1 Å². The van der Waals surface area contributed by atoms with E-state index in [1.807, 2.05) is 22.7 Å². The van der Waals surface area contributed by atoms with Crippen LogP contribution in [0.1, 0.15) is 22.1 Å². The van der Waals surface area contributed by atoms with Crippen LogP contribution in [-0.4, -0.2) is 77.6 Å². The van der Waals surface area contributed by atoms with Crippen LogP contribution in [0.15, 0.2) is 23.7 Å². The van der Waals surface area contributed by atoms with Crippen LogP contribution < -0.4 is 0 Å². The number of aromatic nitrogens is 2. The Morgan fingerprint density at radius 3 is 2.96 bits per heavy atom. The lowest BCUT2D eigenvalue weighted by atomic mass is 9.85. The van der Waals surface area contributed by atoms with E-state index in [4.69, 9.17) is 9.47 Å². The molecule has 2 aromatic heterocycles. The monoisotopic (exact) mass is 404 g/mol. The van der Waals surface area contributed by atoms with Crippen LogP contribution in [0.4, 0.5) is 0 Å². The Balaban J connectivity index is 1.64. The molecule has 0 N–H and O–H groups in total. The zero-order valence-corrected chi connectivity index (χ0v) is 17.6. The van der Waals surface area contributed by atoms with Gasteiger partial charge in [0.1, 0.15) is 0 Å². The van der Waals surface area contributed by atoms with Crippen LogP contribution in [0.2, 0.25) is 0 Å². The third kappa shape index (κ3) is 3.39. The fraction of sp³-hybridized carbons (Fsp3) is 0.600. The van der Waals surface area contributed by atoms with Gasteiger partial charge in [-0.3, -0.25) is 14.4 Å². The van der Waals surface area contributed by atoms with E-state index in [-0.39, 0.29) is 11.8 Å². The van der Waals surface area contributed by atoms with Gasteiger partial charge in [-0.1, -0.05) is 0 Å². The van der Waals surface area contributed by atoms with Gasteiger partial charge in [-0.25, -0.2) is 0 Å². The van der Waals surface area contributed by atoms with E-state index >= 15 is 0 Å². The number of amides is 1. The summed E-state index contributed by atoms with van der Waals surface area (Å²) in [6.07, 6.45) is 1.80. The third-order valence-corrected chi connectivity index (χ3v) is 6.96. The maximum atomic E-state index is 13.6. The number of likely N-dealkylation sites (tertiary alicyclic amines) is 1. The number of ether oxygens (including phenoxy) is 2. The highest BCUT2D eigenvalue weighted by Gasteiger charge is 2.57. The van der Waals surface area contributed by atoms with E-state index < -0.39 is 5.60 Å². The van der Waals surface area contributed by atoms with Gasteiger partial charge in [0.25, 0.3) is 5.91 Å². The van der Waals surface area contributed by atoms with Crippen LogP contribution in [0.25, 0.3) is 0 Å². The number of methoxy groups -OCH3 is 1. The molecule has 0 radical (unpaired) electrons. The Hall–Kier alpha value is -1.74. The number of rotatable bonds is 6. The van der Waals surface area contributed by atoms with Gasteiger partial charge in [-0.15, -0.1) is 11.3 Å². The lowest BCUT2D eigenvalue weighted by Gasteiger charge is -2.42. The van der Waals surface area contributed by atoms with Crippen LogP contribution in [0, 0.1) is 6.92 Å². The summed E-state index contributed by atoms with van der Waals surface area (Å²) >= 11 is 1.77. The summed E-state index contributed by atoms with van der Waals surface area (Å²) < 4.78 is 13.4. The maximum Gasteiger partial charge on any atom is 0.257 e. The molecular weight excluding hydrogens is 376 g/mol. The summed E-state index contributed by atoms with van der Waals surface area (Å²) in [6, 6.07) is 4.16. The lowest BCUT2D eigenvalue weighted by Crippen LogP contribution is -2.60. The van der Waals surface area contributed by atoms with Crippen molar-refractivity contribution in [3.63, 3.8) is 0 Å². The first kappa shape index (κ1) is 19.6. The first-order valence-electron chi connectivity index (χ1n) is 9.70. The molecule has 8 heteroatoms. The van der Waals surface area contributed by atoms with Crippen molar-refractivity contribution < 1.29 is 14.3 Å². The second-order valence-electron chi connectivity index (χ2n) is 7.65. The highest BCUT2D eigenvalue weighted by Crippen LogP contribution is 2.42. The van der Waals surface area contributed by atoms with Crippen LogP contribution in [0.5, 0.6) is 0 Å². The molecule has 0 aliphatic carbocycles. The third-order valence-electron chi connectivity index (χ3n) is 5.95. The highest BCUT2D eigenvalue weighted by atomic mass is 32.1. The molecule has 2 saturated heterocycles. The molecule has 0 unspecified atom stereocenters. The van der Waals surface area contributed by atoms with Gasteiger partial charge in [0, 0.05) is 63.6 Å². The minimum absolute atomic E-state index is 0.0434. The predicted octanol–water partition coefficient (Wildman–Crippen LogP) is 1.63. The average molecular weight is 405 g/mol. The van der Waals surface area contributed by atoms with E-state index in [1.54, 1.807) is 24.6 Å². The summed E-state index contributed by atoms with van der Waals surface area (Å²) in [7, 11) is 3.60. The number of hydrogen-bond donors (Lipinski definition) is 0. The Morgan fingerprint density at radius 1 is 1.43 bits per heavy atom. The van der Waals surface area contributed by atoms with Crippen molar-refractivity contribution >= 4 is 17.2 Å². The van der Waals surface area contributed by atoms with Gasteiger partial charge in [-0.05, 0) is 30.0 Å². The molecule has 4 heterocycles. The summed E-state index contributed by atoms with van der Waals surface area (Å²) in [5, 5.41) is 6.48. The van der Waals surface area contributed by atoms with Crippen LogP contribution in [-0.2, 0) is 27.9 Å². The number of carbonyl (C=O) groups excluding carboxylic acids is 1. The number of morpholine rings is 1. The van der Waals surface area contributed by atoms with Crippen LogP contribution in [0.3, 0.4) is 0 Å². The summed E-state index contributed by atoms with van der Waals surface area (Å²) in [5.41, 5.74) is 1.50. The van der Waals surface area contributed by atoms with E-state index in [0.717, 1.165) is 18.8 Å². The molecule has 2 aliphatic heterocycles. The molecule has 2 aliphatic rings. The topological polar surface area (TPSA) is 59.8 Å². The summed E-state index contributed by atoms with van der Waals surface area (Å²) in [5.74, 6) is 0.0329. The zero-order chi connectivity index (χ0) is 19.7. The predicted molar refractivity (Wildman–Crippen MR) is 107 cm³/mol. The quantitative estimate of drug-likeness (QED) is 0.733. The fourth-order valence-corrected chi connectivity index (χ4v) is 5.35. The standard InChI is InChI=1S/C20H28N4O3S/c1-15-5-11-28-18(15)13-23-12-16(17-4-6-21-22(17)2)20(14-23)19(25)24(7-9-26-3)8-10-27-20/h4-6,11,16H,7-10,12-14H2,1-3H3/t16-,20+/m0/s1. The van der Waals surface area contributed by atoms with Gasteiger partial charge in [0.15, 0.2) is 5.60 Å². The SMILES string of the molecule is COCCN1CCO[C@@]2(CN(Cc3sccc3C)C[C@H]2c2ccnn2C)C1=O. The van der Waals surface area contributed by atoms with Crippen molar-refractivity contribution in [3.05, 3.63) is 39.8 Å². The van der Waals surface area contributed by atoms with Crippen molar-refractivity contribution in [2.75, 3.05) is 46.5 Å². The smallest absolute Gasteiger partial charge is 0.257 e. The highest BCUT2D eigenvalue weighted by molar-refractivity contribution is 7.10. The largest absolute Gasteiger partial charge is 0.383 e. The number of nitrogens with zero attached hydrogens (tertiary/aromatic N) is 4. The van der Waals surface area contributed by atoms with Crippen molar-refractivity contribution in [1.82, 2.24) is 19.6 Å². The average Bonchev–Trinajstić information content (AvgIpc) is 3.37. The number of aryl methyl sites for hydroxylation is 2. The van der Waals surface area contributed by atoms with Gasteiger partial charge < -0.3 is 14.4 Å². The second-order valence-corrected chi connectivity index (χ2v) is 8.65. The normalized spacial score (nSPS) is 25.9. The van der Waals surface area contributed by atoms with E-state index in [2.05, 4.69) is 28.4 Å². The van der Waals surface area contributed by atoms with Gasteiger partial charge >= 0.3 is 0 Å². The first-order valence-corrected chi connectivity index (χ1v) is 10.6. The Morgan fingerprint density at radius 2 is 2.29 bits per heavy atom. The number of carbonyl (C=O) groups is 1. The molecule has 7 nitrogen and oxygen atoms in total. The van der Waals surface area contributed by atoms with E-state index in [1.165, 1.54) is 10.4 Å². The van der Waals surface area contributed by atoms with Crippen molar-refractivity contribution in [1.29, 1.82) is 0 Å². The lowest BCUT2D eigenvalue weighted by molar-refractivity contribution is -0.173. The molecular formula is C20H28N4O3S. The molecule has 0 bridgehead atoms. The van der Waals surface area contributed by atoms with Gasteiger partial charge in [0.2, 0.25) is 0 Å². The zero-order valence-electron chi connectivity index (χ0n) is 16.8. The van der Waals surface area contributed by atoms with E-state index in [0.29, 0.717) is 32.8 Å². The first-order chi connectivity index (χ1) is 13.5. The molecule has 2 aromatic rings. The summed E-state index contributed by atoms with van der Waals surface area (Å²) in [6.45, 7) is 6.67. The maximum absolute atomic E-state index is 13.6. The van der Waals surface area contributed by atoms with Crippen LogP contribution >= 0.6 is 11.3 Å². The van der Waals surface area contributed by atoms with Crippen molar-refractivity contribution in [2.24, 2.45) is 7.05 Å². The molecule has 4 rings (SSSR count). The second kappa shape index (κ2) is 7.94. The molecule has 152 valence electrons. The van der Waals surface area contributed by atoms with Crippen molar-refractivity contribution in [2.45, 2.75) is 25.0 Å². The van der Waals surface area contributed by atoms with Gasteiger partial charge in [-0.2, -0.15) is 5.10 Å². The minimum Gasteiger partial charge on any atom is -0.383 e. The van der Waals surface area contributed by atoms with E-state index in [9.17, 15) is 4.79 Å². The molecule has 0 saturated carbocycles. The molecule has 1 spiro atoms. The minimum atomic E-state index is -0.856. The Bertz CT molecular complexity index is 835. The molecule has 1 amide bonds. The molecule has 2 fully saturated rings.